The van der Waals surface area contributed by atoms with Crippen molar-refractivity contribution in [1.29, 1.82) is 0 Å². The average molecular weight is 493 g/mol. The van der Waals surface area contributed by atoms with Gasteiger partial charge in [-0.2, -0.15) is 0 Å². The summed E-state index contributed by atoms with van der Waals surface area (Å²) in [5.74, 6) is -0.217. The number of nitrogens with one attached hydrogen (secondary N) is 2. The Morgan fingerprint density at radius 3 is 2.56 bits per heavy atom. The summed E-state index contributed by atoms with van der Waals surface area (Å²) >= 11 is 3.48. The van der Waals surface area contributed by atoms with Gasteiger partial charge in [0, 0.05) is 27.6 Å². The van der Waals surface area contributed by atoms with E-state index in [4.69, 9.17) is 0 Å². The Morgan fingerprint density at radius 1 is 1.11 bits per heavy atom. The smallest absolute Gasteiger partial charge is 0.255 e. The lowest BCUT2D eigenvalue weighted by Gasteiger charge is -2.09. The van der Waals surface area contributed by atoms with Crippen LogP contribution in [0.25, 0.3) is 0 Å². The van der Waals surface area contributed by atoms with Crippen LogP contribution in [0.4, 0.5) is 11.4 Å². The number of amides is 2. The minimum Gasteiger partial charge on any atom is -0.325 e. The van der Waals surface area contributed by atoms with E-state index in [0.29, 0.717) is 16.4 Å². The number of aryl methyl sites for hydroxylation is 1. The number of halogens is 1. The zero-order valence-corrected chi connectivity index (χ0v) is 17.3. The Morgan fingerprint density at radius 2 is 1.85 bits per heavy atom. The summed E-state index contributed by atoms with van der Waals surface area (Å²) in [6.07, 6.45) is 1.58. The molecule has 0 atom stereocenters. The fourth-order valence-electron chi connectivity index (χ4n) is 2.24. The second-order valence-electron chi connectivity index (χ2n) is 5.61. The molecule has 0 spiro atoms. The topological polar surface area (TPSA) is 88.9 Å². The first-order valence-corrected chi connectivity index (χ1v) is 10.0. The molecular formula is C18H16IN5O2S. The minimum absolute atomic E-state index is 0.182. The molecule has 0 fully saturated rings. The quantitative estimate of drug-likeness (QED) is 0.406. The van der Waals surface area contributed by atoms with Crippen LogP contribution in [-0.2, 0) is 11.8 Å². The van der Waals surface area contributed by atoms with Gasteiger partial charge in [-0.05, 0) is 59.0 Å². The lowest BCUT2D eigenvalue weighted by atomic mass is 10.2. The molecule has 2 N–H and O–H groups in total. The summed E-state index contributed by atoms with van der Waals surface area (Å²) in [6.45, 7) is 0. The summed E-state index contributed by atoms with van der Waals surface area (Å²) in [5, 5.41) is 14.0. The summed E-state index contributed by atoms with van der Waals surface area (Å²) in [5.41, 5.74) is 1.75. The maximum atomic E-state index is 12.4. The average Bonchev–Trinajstić information content (AvgIpc) is 3.05. The van der Waals surface area contributed by atoms with Crippen molar-refractivity contribution in [2.45, 2.75) is 5.16 Å². The Bertz CT molecular complexity index is 976. The van der Waals surface area contributed by atoms with E-state index in [9.17, 15) is 9.59 Å². The third-order valence-corrected chi connectivity index (χ3v) is 5.20. The number of rotatable bonds is 6. The van der Waals surface area contributed by atoms with Gasteiger partial charge in [-0.15, -0.1) is 10.2 Å². The lowest BCUT2D eigenvalue weighted by molar-refractivity contribution is -0.113. The number of nitrogens with zero attached hydrogens (tertiary/aromatic N) is 3. The molecule has 7 nitrogen and oxygen atoms in total. The van der Waals surface area contributed by atoms with Crippen molar-refractivity contribution in [2.24, 2.45) is 7.05 Å². The van der Waals surface area contributed by atoms with E-state index < -0.39 is 0 Å². The fraction of sp³-hybridized carbons (Fsp3) is 0.111. The van der Waals surface area contributed by atoms with Gasteiger partial charge >= 0.3 is 0 Å². The van der Waals surface area contributed by atoms with Crippen LogP contribution in [0.1, 0.15) is 10.4 Å². The molecule has 9 heteroatoms. The monoisotopic (exact) mass is 493 g/mol. The van der Waals surface area contributed by atoms with Gasteiger partial charge in [-0.1, -0.05) is 23.9 Å². The molecule has 0 saturated carbocycles. The maximum Gasteiger partial charge on any atom is 0.255 e. The van der Waals surface area contributed by atoms with Crippen LogP contribution in [-0.4, -0.2) is 32.3 Å². The molecule has 1 aromatic heterocycles. The maximum absolute atomic E-state index is 12.4. The highest BCUT2D eigenvalue weighted by Gasteiger charge is 2.10. The number of benzene rings is 2. The van der Waals surface area contributed by atoms with Gasteiger partial charge in [0.25, 0.3) is 5.91 Å². The van der Waals surface area contributed by atoms with Crippen LogP contribution in [0.5, 0.6) is 0 Å². The lowest BCUT2D eigenvalue weighted by Crippen LogP contribution is -2.16. The first-order valence-electron chi connectivity index (χ1n) is 7.95. The van der Waals surface area contributed by atoms with Crippen LogP contribution in [0.3, 0.4) is 0 Å². The molecule has 0 radical (unpaired) electrons. The summed E-state index contributed by atoms with van der Waals surface area (Å²) < 4.78 is 2.78. The molecule has 3 aromatic rings. The van der Waals surface area contributed by atoms with E-state index in [1.165, 1.54) is 11.8 Å². The molecule has 3 rings (SSSR count). The van der Waals surface area contributed by atoms with Crippen molar-refractivity contribution in [3.63, 3.8) is 0 Å². The number of aromatic nitrogens is 3. The zero-order chi connectivity index (χ0) is 19.2. The highest BCUT2D eigenvalue weighted by Crippen LogP contribution is 2.17. The van der Waals surface area contributed by atoms with Crippen molar-refractivity contribution in [1.82, 2.24) is 14.8 Å². The largest absolute Gasteiger partial charge is 0.325 e. The van der Waals surface area contributed by atoms with Crippen molar-refractivity contribution >= 4 is 57.5 Å². The Hall–Kier alpha value is -2.40. The third-order valence-electron chi connectivity index (χ3n) is 3.49. The molecule has 0 bridgehead atoms. The second kappa shape index (κ2) is 9.00. The van der Waals surface area contributed by atoms with Gasteiger partial charge in [0.05, 0.1) is 5.75 Å². The van der Waals surface area contributed by atoms with Gasteiger partial charge in [0.1, 0.15) is 6.33 Å². The van der Waals surface area contributed by atoms with Crippen molar-refractivity contribution < 1.29 is 9.59 Å². The number of thioether (sulfide) groups is 1. The van der Waals surface area contributed by atoms with E-state index in [2.05, 4.69) is 43.4 Å². The van der Waals surface area contributed by atoms with Gasteiger partial charge in [-0.25, -0.2) is 0 Å². The molecule has 0 saturated heterocycles. The van der Waals surface area contributed by atoms with Crippen molar-refractivity contribution in [3.8, 4) is 0 Å². The number of anilines is 2. The first kappa shape index (κ1) is 19.4. The number of hydrogen-bond donors (Lipinski definition) is 2. The summed E-state index contributed by atoms with van der Waals surface area (Å²) in [6, 6.07) is 14.4. The highest BCUT2D eigenvalue weighted by atomic mass is 127. The van der Waals surface area contributed by atoms with Crippen LogP contribution < -0.4 is 10.6 Å². The Labute approximate surface area is 174 Å². The molecule has 1 heterocycles. The zero-order valence-electron chi connectivity index (χ0n) is 14.3. The van der Waals surface area contributed by atoms with Gasteiger partial charge < -0.3 is 15.2 Å². The minimum atomic E-state index is -0.235. The van der Waals surface area contributed by atoms with Gasteiger partial charge in [0.15, 0.2) is 5.16 Å². The predicted molar refractivity (Wildman–Crippen MR) is 114 cm³/mol. The SMILES string of the molecule is Cn1cnnc1SCC(=O)Nc1cccc(C(=O)Nc2cccc(I)c2)c1. The van der Waals surface area contributed by atoms with Crippen LogP contribution in [0.15, 0.2) is 60.0 Å². The predicted octanol–water partition coefficient (Wildman–Crippen LogP) is 3.40. The molecule has 0 aliphatic heterocycles. The molecule has 0 unspecified atom stereocenters. The first-order chi connectivity index (χ1) is 13.0. The van der Waals surface area contributed by atoms with E-state index in [1.807, 2.05) is 31.3 Å². The van der Waals surface area contributed by atoms with Crippen LogP contribution in [0.2, 0.25) is 0 Å². The Balaban J connectivity index is 1.60. The van der Waals surface area contributed by atoms with Gasteiger partial charge in [-0.3, -0.25) is 9.59 Å². The van der Waals surface area contributed by atoms with E-state index >= 15 is 0 Å². The molecule has 0 aliphatic carbocycles. The third kappa shape index (κ3) is 5.54. The normalized spacial score (nSPS) is 10.4. The standard InChI is InChI=1S/C18H16IN5O2S/c1-24-11-20-23-18(24)27-10-16(25)21-14-6-2-4-12(8-14)17(26)22-15-7-3-5-13(19)9-15/h2-9,11H,10H2,1H3,(H,21,25)(H,22,26). The summed E-state index contributed by atoms with van der Waals surface area (Å²) in [7, 11) is 1.82. The molecule has 27 heavy (non-hydrogen) atoms. The Kier molecular flexibility index (Phi) is 6.45. The molecular weight excluding hydrogens is 477 g/mol. The van der Waals surface area contributed by atoms with E-state index in [0.717, 1.165) is 9.26 Å². The molecule has 138 valence electrons. The summed E-state index contributed by atoms with van der Waals surface area (Å²) in [4.78, 5) is 24.6. The molecule has 2 aromatic carbocycles. The fourth-order valence-corrected chi connectivity index (χ4v) is 3.47. The molecule has 0 aliphatic rings. The number of hydrogen-bond acceptors (Lipinski definition) is 5. The number of carbonyl (C=O) groups is 2. The van der Waals surface area contributed by atoms with Crippen LogP contribution >= 0.6 is 34.4 Å². The van der Waals surface area contributed by atoms with Crippen molar-refractivity contribution in [3.05, 3.63) is 64.0 Å². The van der Waals surface area contributed by atoms with Crippen molar-refractivity contribution in [2.75, 3.05) is 16.4 Å². The second-order valence-corrected chi connectivity index (χ2v) is 7.79. The van der Waals surface area contributed by atoms with E-state index in [1.54, 1.807) is 35.2 Å². The highest BCUT2D eigenvalue weighted by molar-refractivity contribution is 14.1. The van der Waals surface area contributed by atoms with Crippen LogP contribution in [0, 0.1) is 3.57 Å². The molecule has 2 amide bonds. The van der Waals surface area contributed by atoms with Gasteiger partial charge in [0.2, 0.25) is 5.91 Å². The van der Waals surface area contributed by atoms with E-state index in [-0.39, 0.29) is 17.6 Å². The number of carbonyl (C=O) groups excluding carboxylic acids is 2.